The van der Waals surface area contributed by atoms with Crippen LogP contribution in [0.3, 0.4) is 0 Å². The molecule has 0 amide bonds. The van der Waals surface area contributed by atoms with Gasteiger partial charge in [0, 0.05) is 11.8 Å². The molecule has 1 aliphatic carbocycles. The van der Waals surface area contributed by atoms with Gasteiger partial charge in [0.1, 0.15) is 5.69 Å². The van der Waals surface area contributed by atoms with E-state index in [1.54, 1.807) is 16.8 Å². The van der Waals surface area contributed by atoms with E-state index in [1.807, 2.05) is 13.8 Å². The van der Waals surface area contributed by atoms with Crippen LogP contribution < -0.4 is 21.8 Å². The molecule has 1 saturated carbocycles. The molecule has 0 spiro atoms. The van der Waals surface area contributed by atoms with Crippen LogP contribution in [-0.2, 0) is 4.74 Å². The lowest BCUT2D eigenvalue weighted by atomic mass is 10.3. The standard InChI is InChI=1S/C17H22N8O3/c1-9(2)28-6-5-18-15-22-13-10(7-12-14(26)23-17(27)21-12)8-19-25(13)16(24-15)20-11-3-4-11/h7-9,11,26H,3-6H2,1-2H3,(H,18,20,24)(H2,21,23,27). The van der Waals surface area contributed by atoms with Crippen LogP contribution in [0.15, 0.2) is 16.0 Å². The van der Waals surface area contributed by atoms with Crippen LogP contribution in [0.2, 0.25) is 0 Å². The molecule has 1 fully saturated rings. The lowest BCUT2D eigenvalue weighted by molar-refractivity contribution is 0.0870. The van der Waals surface area contributed by atoms with Crippen LogP contribution in [0.1, 0.15) is 32.4 Å². The van der Waals surface area contributed by atoms with Crippen molar-refractivity contribution in [3.8, 4) is 5.88 Å². The van der Waals surface area contributed by atoms with E-state index in [2.05, 4.69) is 35.3 Å². The average Bonchev–Trinajstić information content (AvgIpc) is 3.28. The minimum absolute atomic E-state index is 0.151. The molecule has 3 aromatic rings. The Morgan fingerprint density at radius 2 is 2.25 bits per heavy atom. The molecule has 0 unspecified atom stereocenters. The predicted molar refractivity (Wildman–Crippen MR) is 101 cm³/mol. The molecule has 11 nitrogen and oxygen atoms in total. The van der Waals surface area contributed by atoms with Crippen LogP contribution in [-0.4, -0.2) is 60.0 Å². The molecule has 3 heterocycles. The number of aromatic nitrogens is 6. The largest absolute Gasteiger partial charge is 0.493 e. The number of aromatic amines is 2. The number of nitrogens with zero attached hydrogens (tertiary/aromatic N) is 5. The Morgan fingerprint density at radius 3 is 2.93 bits per heavy atom. The summed E-state index contributed by atoms with van der Waals surface area (Å²) in [6, 6.07) is 0.261. The highest BCUT2D eigenvalue weighted by Crippen LogP contribution is 2.22. The third-order valence-corrected chi connectivity index (χ3v) is 4.09. The number of ether oxygens (including phenoxy) is 1. The van der Waals surface area contributed by atoms with Gasteiger partial charge in [0.25, 0.3) is 5.62 Å². The molecule has 11 heteroatoms. The number of H-pyrrole nitrogens is 2. The van der Waals surface area contributed by atoms with Crippen LogP contribution in [0.25, 0.3) is 11.7 Å². The third kappa shape index (κ3) is 4.03. The zero-order valence-electron chi connectivity index (χ0n) is 15.6. The molecule has 3 aromatic heterocycles. The number of imidazole rings is 1. The van der Waals surface area contributed by atoms with Gasteiger partial charge in [-0.25, -0.2) is 9.79 Å². The fourth-order valence-corrected chi connectivity index (χ4v) is 2.62. The Hall–Kier alpha value is -3.21. The van der Waals surface area contributed by atoms with Gasteiger partial charge in [-0.15, -0.1) is 0 Å². The summed E-state index contributed by atoms with van der Waals surface area (Å²) in [6.45, 7) is 5.03. The van der Waals surface area contributed by atoms with Crippen molar-refractivity contribution >= 4 is 17.7 Å². The fraction of sp³-hybridized carbons (Fsp3) is 0.471. The molecule has 4 rings (SSSR count). The van der Waals surface area contributed by atoms with E-state index in [0.29, 0.717) is 35.6 Å². The summed E-state index contributed by atoms with van der Waals surface area (Å²) in [5.41, 5.74) is 0.736. The van der Waals surface area contributed by atoms with Gasteiger partial charge in [-0.05, 0) is 32.8 Å². The number of hydrogen-bond donors (Lipinski definition) is 4. The summed E-state index contributed by atoms with van der Waals surface area (Å²) < 4.78 is 7.09. The molecular weight excluding hydrogens is 364 g/mol. The van der Waals surface area contributed by atoms with Gasteiger partial charge in [-0.1, -0.05) is 0 Å². The second-order valence-corrected chi connectivity index (χ2v) is 6.87. The third-order valence-electron chi connectivity index (χ3n) is 4.09. The molecule has 0 aliphatic heterocycles. The number of aromatic hydroxyl groups is 1. The molecule has 0 radical (unpaired) electrons. The van der Waals surface area contributed by atoms with Gasteiger partial charge in [0.15, 0.2) is 5.65 Å². The first kappa shape index (κ1) is 18.2. The van der Waals surface area contributed by atoms with Crippen molar-refractivity contribution in [2.24, 2.45) is 4.99 Å². The van der Waals surface area contributed by atoms with Gasteiger partial charge < -0.3 is 20.1 Å². The zero-order chi connectivity index (χ0) is 19.7. The Morgan fingerprint density at radius 1 is 1.43 bits per heavy atom. The second kappa shape index (κ2) is 7.43. The highest BCUT2D eigenvalue weighted by Gasteiger charge is 2.21. The highest BCUT2D eigenvalue weighted by atomic mass is 16.5. The summed E-state index contributed by atoms with van der Waals surface area (Å²) in [7, 11) is 0. The molecule has 0 saturated heterocycles. The lowest BCUT2D eigenvalue weighted by Crippen LogP contribution is -2.25. The first-order valence-electron chi connectivity index (χ1n) is 9.17. The van der Waals surface area contributed by atoms with E-state index in [-0.39, 0.29) is 23.7 Å². The van der Waals surface area contributed by atoms with Crippen LogP contribution in [0, 0.1) is 0 Å². The van der Waals surface area contributed by atoms with Crippen molar-refractivity contribution < 1.29 is 9.84 Å². The fourth-order valence-electron chi connectivity index (χ4n) is 2.62. The van der Waals surface area contributed by atoms with E-state index in [0.717, 1.165) is 12.8 Å². The maximum atomic E-state index is 11.4. The van der Waals surface area contributed by atoms with Crippen molar-refractivity contribution in [1.29, 1.82) is 0 Å². The number of anilines is 1. The van der Waals surface area contributed by atoms with Crippen molar-refractivity contribution in [3.05, 3.63) is 33.2 Å². The highest BCUT2D eigenvalue weighted by molar-refractivity contribution is 5.57. The summed E-state index contributed by atoms with van der Waals surface area (Å²) in [4.78, 5) is 29.8. The summed E-state index contributed by atoms with van der Waals surface area (Å²) in [5, 5.41) is 17.9. The lowest BCUT2D eigenvalue weighted by Gasteiger charge is -2.08. The van der Waals surface area contributed by atoms with E-state index >= 15 is 0 Å². The number of hydrogen-bond acceptors (Lipinski definition) is 8. The molecule has 0 bridgehead atoms. The van der Waals surface area contributed by atoms with Gasteiger partial charge in [0.05, 0.1) is 24.9 Å². The normalized spacial score (nSPS) is 15.8. The van der Waals surface area contributed by atoms with Crippen molar-refractivity contribution in [2.45, 2.75) is 38.8 Å². The van der Waals surface area contributed by atoms with Gasteiger partial charge in [-0.3, -0.25) is 4.98 Å². The Kier molecular flexibility index (Phi) is 4.82. The maximum Gasteiger partial charge on any atom is 0.326 e. The van der Waals surface area contributed by atoms with E-state index in [1.165, 1.54) is 0 Å². The van der Waals surface area contributed by atoms with Gasteiger partial charge in [-0.2, -0.15) is 19.6 Å². The average molecular weight is 386 g/mol. The molecule has 0 atom stereocenters. The summed E-state index contributed by atoms with van der Waals surface area (Å²) in [6.07, 6.45) is 5.41. The maximum absolute atomic E-state index is 11.4. The topological polar surface area (TPSA) is 146 Å². The Bertz CT molecular complexity index is 1160. The van der Waals surface area contributed by atoms with Gasteiger partial charge in [0.2, 0.25) is 11.8 Å². The summed E-state index contributed by atoms with van der Waals surface area (Å²) >= 11 is 0. The van der Waals surface area contributed by atoms with E-state index < -0.39 is 5.69 Å². The monoisotopic (exact) mass is 386 g/mol. The quantitative estimate of drug-likeness (QED) is 0.393. The SMILES string of the molecule is CC(C)OCCNc1nc(=NC2CC2)n2ncc(=Cc3[nH]c(=O)[nH]c3O)c2n1. The molecule has 0 aromatic carbocycles. The van der Waals surface area contributed by atoms with Gasteiger partial charge >= 0.3 is 5.69 Å². The van der Waals surface area contributed by atoms with Crippen LogP contribution >= 0.6 is 0 Å². The van der Waals surface area contributed by atoms with Crippen molar-refractivity contribution in [1.82, 2.24) is 29.5 Å². The molecule has 1 aliphatic rings. The Balaban J connectivity index is 1.74. The second-order valence-electron chi connectivity index (χ2n) is 6.87. The smallest absolute Gasteiger partial charge is 0.326 e. The number of rotatable bonds is 7. The van der Waals surface area contributed by atoms with E-state index in [9.17, 15) is 9.90 Å². The number of fused-ring (bicyclic) bond motifs is 1. The molecule has 4 N–H and O–H groups in total. The van der Waals surface area contributed by atoms with E-state index in [4.69, 9.17) is 4.74 Å². The number of nitrogens with one attached hydrogen (secondary N) is 3. The van der Waals surface area contributed by atoms with Crippen molar-refractivity contribution in [3.63, 3.8) is 0 Å². The first-order chi connectivity index (χ1) is 13.5. The molecular formula is C17H22N8O3. The molecule has 148 valence electrons. The minimum Gasteiger partial charge on any atom is -0.493 e. The Labute approximate surface area is 159 Å². The predicted octanol–water partition coefficient (Wildman–Crippen LogP) is -0.706. The van der Waals surface area contributed by atoms with Crippen LogP contribution in [0.5, 0.6) is 5.88 Å². The summed E-state index contributed by atoms with van der Waals surface area (Å²) in [5.74, 6) is 0.173. The first-order valence-corrected chi connectivity index (χ1v) is 9.17. The zero-order valence-corrected chi connectivity index (χ0v) is 15.6. The molecule has 28 heavy (non-hydrogen) atoms. The minimum atomic E-state index is -0.494. The van der Waals surface area contributed by atoms with Crippen molar-refractivity contribution in [2.75, 3.05) is 18.5 Å². The van der Waals surface area contributed by atoms with Crippen LogP contribution in [0.4, 0.5) is 5.95 Å².